The van der Waals surface area contributed by atoms with Gasteiger partial charge in [-0.05, 0) is 58.7 Å². The molecule has 4 aliphatic heterocycles. The normalized spacial score (nSPS) is 13.8. The molecule has 4 aliphatic rings. The monoisotopic (exact) mass is 644 g/mol. The molecule has 0 fully saturated rings. The van der Waals surface area contributed by atoms with Crippen LogP contribution in [0, 0.1) is 0 Å². The summed E-state index contributed by atoms with van der Waals surface area (Å²) in [6, 6.07) is 24.2. The van der Waals surface area contributed by atoms with Crippen LogP contribution in [0.5, 0.6) is 11.5 Å². The van der Waals surface area contributed by atoms with Crippen molar-refractivity contribution < 1.29 is 28.7 Å². The third-order valence-corrected chi connectivity index (χ3v) is 7.46. The van der Waals surface area contributed by atoms with E-state index in [1.54, 1.807) is 36.4 Å². The van der Waals surface area contributed by atoms with Crippen molar-refractivity contribution in [1.29, 1.82) is 0 Å². The lowest BCUT2D eigenvalue weighted by Gasteiger charge is -2.13. The predicted molar refractivity (Wildman–Crippen MR) is 182 cm³/mol. The average molecular weight is 645 g/mol. The van der Waals surface area contributed by atoms with Crippen molar-refractivity contribution in [3.05, 3.63) is 155 Å². The third kappa shape index (κ3) is 8.97. The first-order valence-electron chi connectivity index (χ1n) is 15.4. The molecule has 48 heavy (non-hydrogen) atoms. The summed E-state index contributed by atoms with van der Waals surface area (Å²) >= 11 is 0. The predicted octanol–water partition coefficient (Wildman–Crippen LogP) is 4.85. The fraction of sp³-hybridized carbons (Fsp3) is 0.158. The lowest BCUT2D eigenvalue weighted by atomic mass is 10.1. The van der Waals surface area contributed by atoms with Crippen LogP contribution in [0.25, 0.3) is 0 Å². The molecule has 4 aromatic carbocycles. The van der Waals surface area contributed by atoms with E-state index in [1.165, 1.54) is 12.1 Å². The van der Waals surface area contributed by atoms with Gasteiger partial charge in [0.05, 0.1) is 0 Å². The van der Waals surface area contributed by atoms with Crippen molar-refractivity contribution in [1.82, 2.24) is 21.3 Å². The number of nitrogens with one attached hydrogen (secondary N) is 4. The van der Waals surface area contributed by atoms with Crippen LogP contribution in [-0.2, 0) is 26.2 Å². The van der Waals surface area contributed by atoms with E-state index >= 15 is 0 Å². The Morgan fingerprint density at radius 3 is 0.938 bits per heavy atom. The van der Waals surface area contributed by atoms with Gasteiger partial charge in [0.15, 0.2) is 0 Å². The molecule has 4 N–H and O–H groups in total. The minimum atomic E-state index is -0.368. The Bertz CT molecular complexity index is 1580. The Hall–Kier alpha value is -6.16. The van der Waals surface area contributed by atoms with Gasteiger partial charge in [0.1, 0.15) is 24.7 Å². The molecule has 4 heterocycles. The van der Waals surface area contributed by atoms with E-state index in [4.69, 9.17) is 9.47 Å². The van der Waals surface area contributed by atoms with Crippen LogP contribution in [0.15, 0.2) is 110 Å². The van der Waals surface area contributed by atoms with E-state index in [2.05, 4.69) is 34.4 Å². The number of amides is 4. The van der Waals surface area contributed by atoms with Gasteiger partial charge in [-0.2, -0.15) is 0 Å². The highest BCUT2D eigenvalue weighted by atomic mass is 16.5. The molecule has 8 rings (SSSR count). The highest BCUT2D eigenvalue weighted by molar-refractivity contribution is 6.01. The first kappa shape index (κ1) is 33.2. The number of carbonyl (C=O) groups is 4. The van der Waals surface area contributed by atoms with Crippen molar-refractivity contribution in [3.63, 3.8) is 0 Å². The zero-order chi connectivity index (χ0) is 33.9. The molecule has 10 nitrogen and oxygen atoms in total. The average Bonchev–Trinajstić information content (AvgIpc) is 3.12. The second kappa shape index (κ2) is 15.9. The third-order valence-electron chi connectivity index (χ3n) is 7.46. The van der Waals surface area contributed by atoms with Crippen molar-refractivity contribution in [3.8, 4) is 11.5 Å². The molecule has 0 spiro atoms. The molecule has 0 saturated heterocycles. The van der Waals surface area contributed by atoms with Gasteiger partial charge in [-0.25, -0.2) is 0 Å². The van der Waals surface area contributed by atoms with Crippen molar-refractivity contribution in [2.24, 2.45) is 0 Å². The Morgan fingerprint density at radius 2 is 0.708 bits per heavy atom. The van der Waals surface area contributed by atoms with Gasteiger partial charge < -0.3 is 30.7 Å². The smallest absolute Gasteiger partial charge is 0.251 e. The molecule has 0 unspecified atom stereocenters. The van der Waals surface area contributed by atoms with Crippen molar-refractivity contribution in [2.45, 2.75) is 26.2 Å². The van der Waals surface area contributed by atoms with Gasteiger partial charge in [0.2, 0.25) is 0 Å². The number of rotatable bonds is 6. The van der Waals surface area contributed by atoms with Gasteiger partial charge >= 0.3 is 0 Å². The molecule has 0 aliphatic carbocycles. The number of ether oxygens (including phenoxy) is 2. The van der Waals surface area contributed by atoms with E-state index in [1.807, 2.05) is 48.5 Å². The molecular formula is C38H36N4O6. The Kier molecular flexibility index (Phi) is 11.0. The summed E-state index contributed by atoms with van der Waals surface area (Å²) in [7, 11) is 0. The summed E-state index contributed by atoms with van der Waals surface area (Å²) in [5.74, 6) is -0.741. The summed E-state index contributed by atoms with van der Waals surface area (Å²) in [4.78, 5) is 52.7. The fourth-order valence-corrected chi connectivity index (χ4v) is 4.89. The maximum atomic E-state index is 13.2. The highest BCUT2D eigenvalue weighted by Crippen LogP contribution is 2.20. The summed E-state index contributed by atoms with van der Waals surface area (Å²) < 4.78 is 11.3. The maximum Gasteiger partial charge on any atom is 0.251 e. The van der Waals surface area contributed by atoms with Crippen molar-refractivity contribution in [2.75, 3.05) is 13.2 Å². The zero-order valence-corrected chi connectivity index (χ0v) is 26.3. The molecule has 0 atom stereocenters. The number of hydrogen-bond acceptors (Lipinski definition) is 6. The van der Waals surface area contributed by atoms with E-state index in [9.17, 15) is 19.2 Å². The zero-order valence-electron chi connectivity index (χ0n) is 26.3. The first-order valence-corrected chi connectivity index (χ1v) is 15.4. The van der Waals surface area contributed by atoms with Crippen LogP contribution in [0.3, 0.4) is 0 Å². The lowest BCUT2D eigenvalue weighted by molar-refractivity contribution is 0.0934. The largest absolute Gasteiger partial charge is 0.490 e. The quantitative estimate of drug-likeness (QED) is 0.222. The lowest BCUT2D eigenvalue weighted by Crippen LogP contribution is -2.26. The highest BCUT2D eigenvalue weighted by Gasteiger charge is 2.16. The molecule has 0 aromatic heterocycles. The van der Waals surface area contributed by atoms with Crippen LogP contribution >= 0.6 is 0 Å². The standard InChI is InChI=1S/C38H36N4O6/c1-3-13-47-33-17-29-15-30(18-33)36(44)40-22-26-7-11-28(12-8-26)24-42-38(46)32-16-31(19-34(20-32)48-14-4-2)37(45)41-23-27-9-5-25(6-10-27)21-39-35(29)43/h3-12,15-20H,1-2,13-14,21-24H2,(H,39,43)(H,40,44)(H,41,45)(H,42,46). The van der Waals surface area contributed by atoms with E-state index in [-0.39, 0.29) is 85.3 Å². The minimum absolute atomic E-state index is 0.211. The van der Waals surface area contributed by atoms with E-state index < -0.39 is 0 Å². The van der Waals surface area contributed by atoms with Crippen LogP contribution in [0.2, 0.25) is 0 Å². The molecule has 0 radical (unpaired) electrons. The number of carbonyl (C=O) groups excluding carboxylic acids is 4. The minimum Gasteiger partial charge on any atom is -0.490 e. The summed E-state index contributed by atoms with van der Waals surface area (Å²) in [6.07, 6.45) is 3.16. The van der Waals surface area contributed by atoms with Gasteiger partial charge in [-0.3, -0.25) is 19.2 Å². The number of hydrogen-bond donors (Lipinski definition) is 4. The van der Waals surface area contributed by atoms with Crippen LogP contribution < -0.4 is 30.7 Å². The topological polar surface area (TPSA) is 135 Å². The molecular weight excluding hydrogens is 608 g/mol. The molecule has 244 valence electrons. The summed E-state index contributed by atoms with van der Waals surface area (Å²) in [6.45, 7) is 8.70. The molecule has 0 saturated carbocycles. The van der Waals surface area contributed by atoms with Crippen LogP contribution in [0.1, 0.15) is 63.7 Å². The van der Waals surface area contributed by atoms with Gasteiger partial charge in [0.25, 0.3) is 23.6 Å². The van der Waals surface area contributed by atoms with Gasteiger partial charge in [-0.1, -0.05) is 73.8 Å². The Morgan fingerprint density at radius 1 is 0.458 bits per heavy atom. The van der Waals surface area contributed by atoms with Crippen LogP contribution in [-0.4, -0.2) is 36.8 Å². The number of benzene rings is 4. The summed E-state index contributed by atoms with van der Waals surface area (Å²) in [5.41, 5.74) is 4.45. The maximum absolute atomic E-state index is 13.2. The van der Waals surface area contributed by atoms with Crippen LogP contribution in [0.4, 0.5) is 0 Å². The first-order chi connectivity index (χ1) is 23.3. The molecule has 4 aromatic rings. The molecule has 10 heteroatoms. The van der Waals surface area contributed by atoms with E-state index in [0.29, 0.717) is 11.5 Å². The second-order valence-corrected chi connectivity index (χ2v) is 11.1. The second-order valence-electron chi connectivity index (χ2n) is 11.1. The van der Waals surface area contributed by atoms with Gasteiger partial charge in [0, 0.05) is 48.4 Å². The molecule has 4 amide bonds. The Labute approximate surface area is 278 Å². The fourth-order valence-electron chi connectivity index (χ4n) is 4.89. The van der Waals surface area contributed by atoms with Crippen molar-refractivity contribution >= 4 is 23.6 Å². The molecule has 8 bridgehead atoms. The SMILES string of the molecule is C=CCOc1cc2cc(c1)C(=O)NCc1ccc(cc1)CNC(=O)c1cc(OCC=C)cc(c1)C(=O)NCc1ccc(cc1)CNC2=O. The Balaban J connectivity index is 1.41. The van der Waals surface area contributed by atoms with E-state index in [0.717, 1.165) is 22.3 Å². The van der Waals surface area contributed by atoms with Gasteiger partial charge in [-0.15, -0.1) is 0 Å². The summed E-state index contributed by atoms with van der Waals surface area (Å²) in [5, 5.41) is 11.6.